The Bertz CT molecular complexity index is 566. The molecule has 0 fully saturated rings. The number of hydrogen-bond donors (Lipinski definition) is 0. The Hall–Kier alpha value is -2.37. The first-order valence-corrected chi connectivity index (χ1v) is 8.12. The lowest BCUT2D eigenvalue weighted by Gasteiger charge is -2.13. The lowest BCUT2D eigenvalue weighted by atomic mass is 10.1. The quantitative estimate of drug-likeness (QED) is 0.391. The van der Waals surface area contributed by atoms with Crippen LogP contribution in [-0.4, -0.2) is 37.2 Å². The second-order valence-electron chi connectivity index (χ2n) is 5.32. The van der Waals surface area contributed by atoms with Crippen molar-refractivity contribution in [1.29, 1.82) is 0 Å². The molecule has 0 bridgehead atoms. The first-order chi connectivity index (χ1) is 11.5. The summed E-state index contributed by atoms with van der Waals surface area (Å²) in [7, 11) is 0. The predicted molar refractivity (Wildman–Crippen MR) is 87.8 cm³/mol. The summed E-state index contributed by atoms with van der Waals surface area (Å²) in [5.74, 6) is -1.97. The summed E-state index contributed by atoms with van der Waals surface area (Å²) in [6, 6.07) is 6.18. The molecule has 1 aromatic carbocycles. The van der Waals surface area contributed by atoms with Crippen LogP contribution >= 0.6 is 0 Å². The molecule has 0 N–H and O–H groups in total. The minimum absolute atomic E-state index is 0.0622. The lowest BCUT2D eigenvalue weighted by molar-refractivity contribution is -0.147. The maximum absolute atomic E-state index is 12.1. The van der Waals surface area contributed by atoms with Crippen LogP contribution < -0.4 is 0 Å². The zero-order chi connectivity index (χ0) is 17.9. The largest absolute Gasteiger partial charge is 0.463 e. The lowest BCUT2D eigenvalue weighted by Crippen LogP contribution is -2.20. The molecule has 0 radical (unpaired) electrons. The van der Waals surface area contributed by atoms with Gasteiger partial charge in [0.15, 0.2) is 6.61 Å². The van der Waals surface area contributed by atoms with Gasteiger partial charge in [-0.25, -0.2) is 14.4 Å². The van der Waals surface area contributed by atoms with Gasteiger partial charge in [0.05, 0.1) is 23.8 Å². The minimum atomic E-state index is -0.765. The van der Waals surface area contributed by atoms with Gasteiger partial charge in [-0.3, -0.25) is 0 Å². The molecule has 0 aliphatic carbocycles. The Morgan fingerprint density at radius 1 is 1.00 bits per heavy atom. The number of ether oxygens (including phenoxy) is 3. The number of carbonyl (C=O) groups excluding carboxylic acids is 3. The highest BCUT2D eigenvalue weighted by atomic mass is 16.6. The van der Waals surface area contributed by atoms with Crippen LogP contribution in [0.2, 0.25) is 0 Å². The van der Waals surface area contributed by atoms with Gasteiger partial charge < -0.3 is 14.2 Å². The highest BCUT2D eigenvalue weighted by molar-refractivity contribution is 6.03. The van der Waals surface area contributed by atoms with Crippen LogP contribution in [0.15, 0.2) is 24.3 Å². The van der Waals surface area contributed by atoms with Gasteiger partial charge in [-0.15, -0.1) is 0 Å². The van der Waals surface area contributed by atoms with Crippen LogP contribution in [0, 0.1) is 0 Å². The van der Waals surface area contributed by atoms with Crippen molar-refractivity contribution in [3.05, 3.63) is 35.4 Å². The summed E-state index contributed by atoms with van der Waals surface area (Å²) in [6.45, 7) is 5.44. The molecule has 0 aliphatic heterocycles. The van der Waals surface area contributed by atoms with Crippen molar-refractivity contribution in [3.8, 4) is 0 Å². The first-order valence-electron chi connectivity index (χ1n) is 8.12. The zero-order valence-corrected chi connectivity index (χ0v) is 14.4. The standard InChI is InChI=1S/C18H24O6/c1-4-6-11-22-16(19)12-23-17(20)14-9-7-8-10-15(14)18(21)24-13(3)5-2/h7-10,13H,4-6,11-12H2,1-3H3. The minimum Gasteiger partial charge on any atom is -0.463 e. The molecule has 1 atom stereocenters. The van der Waals surface area contributed by atoms with Gasteiger partial charge in [-0.2, -0.15) is 0 Å². The SMILES string of the molecule is CCCCOC(=O)COC(=O)c1ccccc1C(=O)OC(C)CC. The molecule has 0 amide bonds. The monoisotopic (exact) mass is 336 g/mol. The number of hydrogen-bond acceptors (Lipinski definition) is 6. The first kappa shape index (κ1) is 19.7. The van der Waals surface area contributed by atoms with Crippen molar-refractivity contribution in [2.75, 3.05) is 13.2 Å². The van der Waals surface area contributed by atoms with Gasteiger partial charge in [0.25, 0.3) is 0 Å². The van der Waals surface area contributed by atoms with Crippen LogP contribution in [0.1, 0.15) is 60.7 Å². The van der Waals surface area contributed by atoms with Gasteiger partial charge >= 0.3 is 17.9 Å². The van der Waals surface area contributed by atoms with Gasteiger partial charge in [-0.1, -0.05) is 32.4 Å². The molecule has 1 aromatic rings. The predicted octanol–water partition coefficient (Wildman–Crippen LogP) is 3.14. The Morgan fingerprint density at radius 2 is 1.62 bits per heavy atom. The van der Waals surface area contributed by atoms with E-state index < -0.39 is 24.5 Å². The molecule has 6 nitrogen and oxygen atoms in total. The van der Waals surface area contributed by atoms with E-state index in [4.69, 9.17) is 14.2 Å². The molecule has 6 heteroatoms. The third-order valence-corrected chi connectivity index (χ3v) is 3.33. The number of carbonyl (C=O) groups is 3. The van der Waals surface area contributed by atoms with Crippen LogP contribution in [0.4, 0.5) is 0 Å². The topological polar surface area (TPSA) is 78.9 Å². The Balaban J connectivity index is 2.67. The van der Waals surface area contributed by atoms with E-state index in [0.717, 1.165) is 12.8 Å². The fourth-order valence-electron chi connectivity index (χ4n) is 1.74. The van der Waals surface area contributed by atoms with Gasteiger partial charge in [-0.05, 0) is 31.9 Å². The molecule has 1 rings (SSSR count). The van der Waals surface area contributed by atoms with Crippen molar-refractivity contribution < 1.29 is 28.6 Å². The second kappa shape index (κ2) is 10.4. The fourth-order valence-corrected chi connectivity index (χ4v) is 1.74. The van der Waals surface area contributed by atoms with E-state index in [1.165, 1.54) is 12.1 Å². The molecule has 24 heavy (non-hydrogen) atoms. The van der Waals surface area contributed by atoms with Crippen LogP contribution in [-0.2, 0) is 19.0 Å². The van der Waals surface area contributed by atoms with Crippen LogP contribution in [0.3, 0.4) is 0 Å². The summed E-state index contributed by atoms with van der Waals surface area (Å²) >= 11 is 0. The smallest absolute Gasteiger partial charge is 0.344 e. The normalized spacial score (nSPS) is 11.5. The summed E-state index contributed by atoms with van der Waals surface area (Å²) in [5, 5.41) is 0. The molecule has 0 aromatic heterocycles. The molecule has 0 saturated carbocycles. The van der Waals surface area contributed by atoms with E-state index in [1.54, 1.807) is 19.1 Å². The second-order valence-corrected chi connectivity index (χ2v) is 5.32. The Kier molecular flexibility index (Phi) is 8.54. The molecule has 0 aliphatic rings. The average molecular weight is 336 g/mol. The maximum Gasteiger partial charge on any atom is 0.344 e. The zero-order valence-electron chi connectivity index (χ0n) is 14.4. The van der Waals surface area contributed by atoms with Gasteiger partial charge in [0.1, 0.15) is 0 Å². The van der Waals surface area contributed by atoms with E-state index in [0.29, 0.717) is 13.0 Å². The van der Waals surface area contributed by atoms with E-state index in [9.17, 15) is 14.4 Å². The fraction of sp³-hybridized carbons (Fsp3) is 0.500. The highest BCUT2D eigenvalue weighted by Crippen LogP contribution is 2.13. The third kappa shape index (κ3) is 6.40. The third-order valence-electron chi connectivity index (χ3n) is 3.33. The molecule has 1 unspecified atom stereocenters. The van der Waals surface area contributed by atoms with Crippen molar-refractivity contribution in [2.24, 2.45) is 0 Å². The van der Waals surface area contributed by atoms with Crippen molar-refractivity contribution >= 4 is 17.9 Å². The Labute approximate surface area is 142 Å². The maximum atomic E-state index is 12.1. The Morgan fingerprint density at radius 3 is 2.21 bits per heavy atom. The molecular weight excluding hydrogens is 312 g/mol. The van der Waals surface area contributed by atoms with Crippen LogP contribution in [0.25, 0.3) is 0 Å². The number of esters is 3. The summed E-state index contributed by atoms with van der Waals surface area (Å²) in [6.07, 6.45) is 2.07. The van der Waals surface area contributed by atoms with E-state index >= 15 is 0 Å². The molecule has 0 spiro atoms. The molecule has 0 saturated heterocycles. The van der Waals surface area contributed by atoms with Crippen molar-refractivity contribution in [3.63, 3.8) is 0 Å². The van der Waals surface area contributed by atoms with E-state index in [-0.39, 0.29) is 17.2 Å². The molecule has 0 heterocycles. The molecular formula is C18H24O6. The van der Waals surface area contributed by atoms with E-state index in [2.05, 4.69) is 0 Å². The van der Waals surface area contributed by atoms with Gasteiger partial charge in [0.2, 0.25) is 0 Å². The van der Waals surface area contributed by atoms with Gasteiger partial charge in [0, 0.05) is 0 Å². The highest BCUT2D eigenvalue weighted by Gasteiger charge is 2.21. The number of benzene rings is 1. The summed E-state index contributed by atoms with van der Waals surface area (Å²) < 4.78 is 15.1. The summed E-state index contributed by atoms with van der Waals surface area (Å²) in [4.78, 5) is 35.7. The summed E-state index contributed by atoms with van der Waals surface area (Å²) in [5.41, 5.74) is 0.175. The van der Waals surface area contributed by atoms with Crippen LogP contribution in [0.5, 0.6) is 0 Å². The average Bonchev–Trinajstić information content (AvgIpc) is 2.59. The number of rotatable bonds is 9. The van der Waals surface area contributed by atoms with E-state index in [1.807, 2.05) is 13.8 Å². The number of unbranched alkanes of at least 4 members (excludes halogenated alkanes) is 1. The van der Waals surface area contributed by atoms with Crippen molar-refractivity contribution in [2.45, 2.75) is 46.1 Å². The molecule has 132 valence electrons. The van der Waals surface area contributed by atoms with Crippen molar-refractivity contribution in [1.82, 2.24) is 0 Å².